The summed E-state index contributed by atoms with van der Waals surface area (Å²) in [6, 6.07) is 8.80. The summed E-state index contributed by atoms with van der Waals surface area (Å²) in [4.78, 5) is 24.3. The van der Waals surface area contributed by atoms with Gasteiger partial charge in [0, 0.05) is 5.56 Å². The number of aryl methyl sites for hydroxylation is 3. The smallest absolute Gasteiger partial charge is 0.276 e. The number of hydrogen-bond donors (Lipinski definition) is 2. The van der Waals surface area contributed by atoms with Gasteiger partial charge in [-0.1, -0.05) is 24.6 Å². The summed E-state index contributed by atoms with van der Waals surface area (Å²) in [5, 5.41) is 0. The van der Waals surface area contributed by atoms with Crippen LogP contribution in [0.5, 0.6) is 17.2 Å². The van der Waals surface area contributed by atoms with E-state index in [0.717, 1.165) is 23.1 Å². The molecular weight excluding hydrogens is 372 g/mol. The maximum absolute atomic E-state index is 12.3. The zero-order chi connectivity index (χ0) is 21.4. The van der Waals surface area contributed by atoms with Crippen LogP contribution >= 0.6 is 0 Å². The fourth-order valence-corrected chi connectivity index (χ4v) is 2.91. The summed E-state index contributed by atoms with van der Waals surface area (Å²) in [6.07, 6.45) is 0.862. The molecule has 0 saturated carbocycles. The Labute approximate surface area is 171 Å². The molecule has 2 amide bonds. The average molecular weight is 400 g/mol. The predicted molar refractivity (Wildman–Crippen MR) is 111 cm³/mol. The van der Waals surface area contributed by atoms with Gasteiger partial charge in [-0.15, -0.1) is 0 Å². The van der Waals surface area contributed by atoms with Gasteiger partial charge in [-0.05, 0) is 56.5 Å². The van der Waals surface area contributed by atoms with E-state index in [2.05, 4.69) is 10.9 Å². The highest BCUT2D eigenvalue weighted by Gasteiger charge is 2.13. The first-order valence-corrected chi connectivity index (χ1v) is 9.46. The number of rotatable bonds is 8. The number of ether oxygens (including phenoxy) is 3. The zero-order valence-electron chi connectivity index (χ0n) is 17.5. The Kier molecular flexibility index (Phi) is 7.88. The number of carbonyl (C=O) groups is 2. The Bertz CT molecular complexity index is 856. The molecule has 2 N–H and O–H groups in total. The third-order valence-electron chi connectivity index (χ3n) is 4.16. The van der Waals surface area contributed by atoms with Crippen LogP contribution in [-0.4, -0.2) is 32.1 Å². The summed E-state index contributed by atoms with van der Waals surface area (Å²) >= 11 is 0. The minimum Gasteiger partial charge on any atom is -0.493 e. The van der Waals surface area contributed by atoms with Crippen molar-refractivity contribution in [3.8, 4) is 17.2 Å². The van der Waals surface area contributed by atoms with Crippen molar-refractivity contribution >= 4 is 11.8 Å². The molecule has 7 heteroatoms. The van der Waals surface area contributed by atoms with Crippen LogP contribution in [0, 0.1) is 20.8 Å². The summed E-state index contributed by atoms with van der Waals surface area (Å²) in [6.45, 7) is 8.20. The SMILES string of the molecule is CCCOc1ccc(C(=O)NNC(=O)COc2c(C)cc(C)cc2C)cc1OC. The Morgan fingerprint density at radius 3 is 2.24 bits per heavy atom. The summed E-state index contributed by atoms with van der Waals surface area (Å²) in [5.74, 6) is 0.747. The lowest BCUT2D eigenvalue weighted by molar-refractivity contribution is -0.123. The standard InChI is InChI=1S/C22H28N2O5/c1-6-9-28-18-8-7-17(12-19(18)27-5)22(26)24-23-20(25)13-29-21-15(3)10-14(2)11-16(21)4/h7-8,10-12H,6,9,13H2,1-5H3,(H,23,25)(H,24,26). The van der Waals surface area contributed by atoms with E-state index in [1.165, 1.54) is 7.11 Å². The molecule has 29 heavy (non-hydrogen) atoms. The Morgan fingerprint density at radius 1 is 0.931 bits per heavy atom. The number of hydrazine groups is 1. The van der Waals surface area contributed by atoms with Crippen molar-refractivity contribution < 1.29 is 23.8 Å². The van der Waals surface area contributed by atoms with Gasteiger partial charge in [0.05, 0.1) is 13.7 Å². The van der Waals surface area contributed by atoms with Crippen LogP contribution in [0.15, 0.2) is 30.3 Å². The zero-order valence-corrected chi connectivity index (χ0v) is 17.5. The normalized spacial score (nSPS) is 10.2. The molecule has 0 unspecified atom stereocenters. The van der Waals surface area contributed by atoms with Gasteiger partial charge in [0.15, 0.2) is 18.1 Å². The second kappa shape index (κ2) is 10.4. The average Bonchev–Trinajstić information content (AvgIpc) is 2.69. The second-order valence-electron chi connectivity index (χ2n) is 6.73. The summed E-state index contributed by atoms with van der Waals surface area (Å²) in [7, 11) is 1.50. The van der Waals surface area contributed by atoms with Crippen LogP contribution < -0.4 is 25.1 Å². The van der Waals surface area contributed by atoms with Gasteiger partial charge in [-0.2, -0.15) is 0 Å². The molecule has 0 aliphatic heterocycles. The molecule has 0 radical (unpaired) electrons. The lowest BCUT2D eigenvalue weighted by Gasteiger charge is -2.14. The van der Waals surface area contributed by atoms with Gasteiger partial charge in [0.25, 0.3) is 11.8 Å². The van der Waals surface area contributed by atoms with Crippen molar-refractivity contribution in [3.63, 3.8) is 0 Å². The first-order chi connectivity index (χ1) is 13.8. The number of nitrogens with one attached hydrogen (secondary N) is 2. The summed E-state index contributed by atoms with van der Waals surface area (Å²) in [5.41, 5.74) is 8.10. The van der Waals surface area contributed by atoms with Crippen LogP contribution in [0.4, 0.5) is 0 Å². The lowest BCUT2D eigenvalue weighted by Crippen LogP contribution is -2.43. The molecule has 2 aromatic rings. The molecule has 0 aromatic heterocycles. The van der Waals surface area contributed by atoms with E-state index in [1.807, 2.05) is 39.8 Å². The van der Waals surface area contributed by atoms with Gasteiger partial charge < -0.3 is 14.2 Å². The quantitative estimate of drug-likeness (QED) is 0.665. The number of carbonyl (C=O) groups excluding carboxylic acids is 2. The first-order valence-electron chi connectivity index (χ1n) is 9.46. The molecule has 2 aromatic carbocycles. The van der Waals surface area contributed by atoms with Crippen LogP contribution in [0.25, 0.3) is 0 Å². The van der Waals surface area contributed by atoms with Crippen molar-refractivity contribution in [2.45, 2.75) is 34.1 Å². The third-order valence-corrected chi connectivity index (χ3v) is 4.16. The van der Waals surface area contributed by atoms with Crippen molar-refractivity contribution in [3.05, 3.63) is 52.6 Å². The Hall–Kier alpha value is -3.22. The number of methoxy groups -OCH3 is 1. The largest absolute Gasteiger partial charge is 0.493 e. The minimum absolute atomic E-state index is 0.210. The molecule has 2 rings (SSSR count). The molecule has 0 aliphatic carbocycles. The van der Waals surface area contributed by atoms with Gasteiger partial charge in [-0.25, -0.2) is 0 Å². The predicted octanol–water partition coefficient (Wildman–Crippen LogP) is 3.25. The third kappa shape index (κ3) is 6.14. The maximum Gasteiger partial charge on any atom is 0.276 e. The van der Waals surface area contributed by atoms with Gasteiger partial charge in [-0.3, -0.25) is 20.4 Å². The number of hydrogen-bond acceptors (Lipinski definition) is 5. The van der Waals surface area contributed by atoms with E-state index in [0.29, 0.717) is 29.4 Å². The first kappa shape index (κ1) is 22.1. The van der Waals surface area contributed by atoms with E-state index >= 15 is 0 Å². The van der Waals surface area contributed by atoms with E-state index in [1.54, 1.807) is 18.2 Å². The Balaban J connectivity index is 1.91. The van der Waals surface area contributed by atoms with E-state index < -0.39 is 11.8 Å². The Morgan fingerprint density at radius 2 is 1.62 bits per heavy atom. The fraction of sp³-hybridized carbons (Fsp3) is 0.364. The molecule has 0 fully saturated rings. The van der Waals surface area contributed by atoms with Crippen molar-refractivity contribution in [1.29, 1.82) is 0 Å². The van der Waals surface area contributed by atoms with Gasteiger partial charge in [0.1, 0.15) is 5.75 Å². The van der Waals surface area contributed by atoms with E-state index in [4.69, 9.17) is 14.2 Å². The molecule has 156 valence electrons. The number of benzene rings is 2. The monoisotopic (exact) mass is 400 g/mol. The number of amides is 2. The minimum atomic E-state index is -0.471. The highest BCUT2D eigenvalue weighted by atomic mass is 16.5. The summed E-state index contributed by atoms with van der Waals surface area (Å²) < 4.78 is 16.4. The molecular formula is C22H28N2O5. The van der Waals surface area contributed by atoms with Crippen LogP contribution in [-0.2, 0) is 4.79 Å². The fourth-order valence-electron chi connectivity index (χ4n) is 2.91. The topological polar surface area (TPSA) is 85.9 Å². The highest BCUT2D eigenvalue weighted by Crippen LogP contribution is 2.28. The van der Waals surface area contributed by atoms with Crippen molar-refractivity contribution in [1.82, 2.24) is 10.9 Å². The molecule has 0 saturated heterocycles. The molecule has 7 nitrogen and oxygen atoms in total. The van der Waals surface area contributed by atoms with Crippen molar-refractivity contribution in [2.24, 2.45) is 0 Å². The molecule has 0 aliphatic rings. The van der Waals surface area contributed by atoms with Gasteiger partial charge >= 0.3 is 0 Å². The van der Waals surface area contributed by atoms with Crippen LogP contribution in [0.1, 0.15) is 40.4 Å². The van der Waals surface area contributed by atoms with Crippen LogP contribution in [0.3, 0.4) is 0 Å². The highest BCUT2D eigenvalue weighted by molar-refractivity contribution is 5.96. The van der Waals surface area contributed by atoms with E-state index in [9.17, 15) is 9.59 Å². The van der Waals surface area contributed by atoms with E-state index in [-0.39, 0.29) is 6.61 Å². The molecule has 0 heterocycles. The molecule has 0 bridgehead atoms. The van der Waals surface area contributed by atoms with Gasteiger partial charge in [0.2, 0.25) is 0 Å². The second-order valence-corrected chi connectivity index (χ2v) is 6.73. The van der Waals surface area contributed by atoms with Crippen molar-refractivity contribution in [2.75, 3.05) is 20.3 Å². The lowest BCUT2D eigenvalue weighted by atomic mass is 10.1. The maximum atomic E-state index is 12.3. The molecule has 0 atom stereocenters. The van der Waals surface area contributed by atoms with Crippen LogP contribution in [0.2, 0.25) is 0 Å². The molecule has 0 spiro atoms.